The van der Waals surface area contributed by atoms with Crippen molar-refractivity contribution in [3.05, 3.63) is 0 Å². The summed E-state index contributed by atoms with van der Waals surface area (Å²) in [6.45, 7) is 2.40. The van der Waals surface area contributed by atoms with E-state index in [1.165, 1.54) is 0 Å². The highest BCUT2D eigenvalue weighted by atomic mass is 16.3. The molecule has 2 aliphatic rings. The summed E-state index contributed by atoms with van der Waals surface area (Å²) in [4.78, 5) is 14.4. The molecule has 0 aromatic rings. The Hall–Kier alpha value is -1.12. The van der Waals surface area contributed by atoms with Crippen LogP contribution in [0.5, 0.6) is 0 Å². The lowest BCUT2D eigenvalue weighted by molar-refractivity contribution is -0.123. The van der Waals surface area contributed by atoms with E-state index in [1.807, 2.05) is 0 Å². The number of carbonyl (C=O) groups is 1. The van der Waals surface area contributed by atoms with E-state index in [-0.39, 0.29) is 12.5 Å². The first kappa shape index (κ1) is 16.3. The first-order valence-electron chi connectivity index (χ1n) is 8.23. The minimum absolute atomic E-state index is 0.0249. The second-order valence-electron chi connectivity index (χ2n) is 6.56. The first-order chi connectivity index (χ1) is 10.2. The Morgan fingerprint density at radius 3 is 2.67 bits per heavy atom. The second-order valence-corrected chi connectivity index (χ2v) is 6.56. The van der Waals surface area contributed by atoms with Crippen molar-refractivity contribution in [1.82, 2.24) is 10.2 Å². The van der Waals surface area contributed by atoms with Gasteiger partial charge in [0.15, 0.2) is 0 Å². The summed E-state index contributed by atoms with van der Waals surface area (Å²) in [6.07, 6.45) is 7.80. The number of aliphatic hydroxyl groups excluding tert-OH is 1. The highest BCUT2D eigenvalue weighted by Gasteiger charge is 2.33. The molecule has 1 aliphatic carbocycles. The lowest BCUT2D eigenvalue weighted by Gasteiger charge is -2.27. The van der Waals surface area contributed by atoms with Gasteiger partial charge in [-0.15, -0.1) is 0 Å². The summed E-state index contributed by atoms with van der Waals surface area (Å²) in [6, 6.07) is 2.36. The molecule has 2 fully saturated rings. The maximum absolute atomic E-state index is 12.3. The van der Waals surface area contributed by atoms with Gasteiger partial charge in [0.1, 0.15) is 5.54 Å². The Kier molecular flexibility index (Phi) is 6.01. The molecule has 0 aromatic heterocycles. The Morgan fingerprint density at radius 2 is 2.05 bits per heavy atom. The third kappa shape index (κ3) is 4.69. The van der Waals surface area contributed by atoms with Gasteiger partial charge in [-0.25, -0.2) is 0 Å². The van der Waals surface area contributed by atoms with Crippen molar-refractivity contribution in [3.63, 3.8) is 0 Å². The number of likely N-dealkylation sites (tertiary alicyclic amines) is 1. The van der Waals surface area contributed by atoms with E-state index in [0.717, 1.165) is 64.5 Å². The van der Waals surface area contributed by atoms with Gasteiger partial charge >= 0.3 is 0 Å². The molecule has 0 spiro atoms. The molecule has 2 rings (SSSR count). The van der Waals surface area contributed by atoms with Crippen LogP contribution < -0.4 is 5.32 Å². The van der Waals surface area contributed by atoms with Crippen LogP contribution in [0.4, 0.5) is 0 Å². The maximum Gasteiger partial charge on any atom is 0.235 e. The number of hydrogen-bond acceptors (Lipinski definition) is 4. The zero-order valence-electron chi connectivity index (χ0n) is 12.8. The second kappa shape index (κ2) is 7.77. The number of aliphatic hydroxyl groups is 1. The number of hydrogen-bond donors (Lipinski definition) is 2. The van der Waals surface area contributed by atoms with Crippen LogP contribution in [0.3, 0.4) is 0 Å². The molecule has 1 saturated carbocycles. The van der Waals surface area contributed by atoms with Gasteiger partial charge in [-0.3, -0.25) is 9.69 Å². The summed E-state index contributed by atoms with van der Waals surface area (Å²) in [5.74, 6) is 0.480. The lowest BCUT2D eigenvalue weighted by Crippen LogP contribution is -2.50. The van der Waals surface area contributed by atoms with Crippen LogP contribution in [0.15, 0.2) is 0 Å². The van der Waals surface area contributed by atoms with Crippen molar-refractivity contribution in [2.45, 2.75) is 56.9 Å². The monoisotopic (exact) mass is 293 g/mol. The number of amides is 1. The van der Waals surface area contributed by atoms with E-state index in [0.29, 0.717) is 12.5 Å². The van der Waals surface area contributed by atoms with Crippen LogP contribution in [0.25, 0.3) is 0 Å². The predicted molar refractivity (Wildman–Crippen MR) is 80.4 cm³/mol. The zero-order valence-corrected chi connectivity index (χ0v) is 12.8. The summed E-state index contributed by atoms with van der Waals surface area (Å²) < 4.78 is 0. The minimum Gasteiger partial charge on any atom is -0.396 e. The van der Waals surface area contributed by atoms with Crippen LogP contribution >= 0.6 is 0 Å². The molecule has 5 nitrogen and oxygen atoms in total. The SMILES string of the molecule is N#CC1(NC(=O)CN2CCC(CCO)C2)CCCCCC1. The molecule has 0 bridgehead atoms. The van der Waals surface area contributed by atoms with Crippen molar-refractivity contribution in [1.29, 1.82) is 5.26 Å². The molecule has 1 amide bonds. The van der Waals surface area contributed by atoms with E-state index in [9.17, 15) is 10.1 Å². The zero-order chi connectivity index (χ0) is 15.1. The fraction of sp³-hybridized carbons (Fsp3) is 0.875. The van der Waals surface area contributed by atoms with Crippen molar-refractivity contribution >= 4 is 5.91 Å². The third-order valence-corrected chi connectivity index (χ3v) is 4.82. The van der Waals surface area contributed by atoms with Crippen LogP contribution in [0, 0.1) is 17.2 Å². The molecule has 1 heterocycles. The normalized spacial score (nSPS) is 26.0. The largest absolute Gasteiger partial charge is 0.396 e. The molecule has 1 aliphatic heterocycles. The van der Waals surface area contributed by atoms with E-state index in [1.54, 1.807) is 0 Å². The van der Waals surface area contributed by atoms with Gasteiger partial charge in [-0.05, 0) is 38.1 Å². The van der Waals surface area contributed by atoms with Crippen molar-refractivity contribution in [3.8, 4) is 6.07 Å². The fourth-order valence-corrected chi connectivity index (χ4v) is 3.58. The number of carbonyl (C=O) groups excluding carboxylic acids is 1. The smallest absolute Gasteiger partial charge is 0.235 e. The molecule has 2 N–H and O–H groups in total. The Bertz CT molecular complexity index is 383. The average molecular weight is 293 g/mol. The quantitative estimate of drug-likeness (QED) is 0.752. The van der Waals surface area contributed by atoms with Gasteiger partial charge in [0.25, 0.3) is 0 Å². The van der Waals surface area contributed by atoms with E-state index >= 15 is 0 Å². The molecule has 5 heteroatoms. The number of nitriles is 1. The summed E-state index contributed by atoms with van der Waals surface area (Å²) >= 11 is 0. The Balaban J connectivity index is 1.82. The maximum atomic E-state index is 12.3. The Morgan fingerprint density at radius 1 is 1.33 bits per heavy atom. The fourth-order valence-electron chi connectivity index (χ4n) is 3.58. The minimum atomic E-state index is -0.641. The number of rotatable bonds is 5. The Labute approximate surface area is 127 Å². The lowest BCUT2D eigenvalue weighted by atomic mass is 9.92. The van der Waals surface area contributed by atoms with Gasteiger partial charge in [0.05, 0.1) is 12.6 Å². The highest BCUT2D eigenvalue weighted by Crippen LogP contribution is 2.26. The van der Waals surface area contributed by atoms with Gasteiger partial charge in [0.2, 0.25) is 5.91 Å². The van der Waals surface area contributed by atoms with Crippen LogP contribution in [-0.4, -0.2) is 47.7 Å². The summed E-state index contributed by atoms with van der Waals surface area (Å²) in [7, 11) is 0. The molecular formula is C16H27N3O2. The highest BCUT2D eigenvalue weighted by molar-refractivity contribution is 5.79. The van der Waals surface area contributed by atoms with E-state index in [4.69, 9.17) is 5.11 Å². The van der Waals surface area contributed by atoms with Crippen molar-refractivity contribution < 1.29 is 9.90 Å². The first-order valence-corrected chi connectivity index (χ1v) is 8.23. The van der Waals surface area contributed by atoms with Gasteiger partial charge in [0, 0.05) is 13.2 Å². The van der Waals surface area contributed by atoms with Crippen molar-refractivity contribution in [2.24, 2.45) is 5.92 Å². The molecule has 1 unspecified atom stereocenters. The molecule has 118 valence electrons. The number of nitrogens with one attached hydrogen (secondary N) is 1. The van der Waals surface area contributed by atoms with Crippen LogP contribution in [0.2, 0.25) is 0 Å². The van der Waals surface area contributed by atoms with Gasteiger partial charge in [-0.2, -0.15) is 5.26 Å². The summed E-state index contributed by atoms with van der Waals surface area (Å²) in [5, 5.41) is 21.5. The van der Waals surface area contributed by atoms with Gasteiger partial charge in [-0.1, -0.05) is 25.7 Å². The van der Waals surface area contributed by atoms with E-state index < -0.39 is 5.54 Å². The third-order valence-electron chi connectivity index (χ3n) is 4.82. The standard InChI is InChI=1S/C16H27N3O2/c17-13-16(7-3-1-2-4-8-16)18-15(21)12-19-9-5-14(11-19)6-10-20/h14,20H,1-12H2,(H,18,21). The van der Waals surface area contributed by atoms with Crippen LogP contribution in [0.1, 0.15) is 51.4 Å². The predicted octanol–water partition coefficient (Wildman–Crippen LogP) is 1.42. The topological polar surface area (TPSA) is 76.4 Å². The summed E-state index contributed by atoms with van der Waals surface area (Å²) in [5.41, 5.74) is -0.641. The molecule has 1 saturated heterocycles. The number of nitrogens with zero attached hydrogens (tertiary/aromatic N) is 2. The van der Waals surface area contributed by atoms with Gasteiger partial charge < -0.3 is 10.4 Å². The average Bonchev–Trinajstić information content (AvgIpc) is 2.76. The molecule has 1 atom stereocenters. The van der Waals surface area contributed by atoms with E-state index in [2.05, 4.69) is 16.3 Å². The molecule has 0 aromatic carbocycles. The molecule has 0 radical (unpaired) electrons. The molecule has 21 heavy (non-hydrogen) atoms. The van der Waals surface area contributed by atoms with Crippen LogP contribution in [-0.2, 0) is 4.79 Å². The molecular weight excluding hydrogens is 266 g/mol. The van der Waals surface area contributed by atoms with Crippen molar-refractivity contribution in [2.75, 3.05) is 26.2 Å².